The minimum Gasteiger partial charge on any atom is -0.345 e. The second-order valence-corrected chi connectivity index (χ2v) is 4.20. The molecule has 5 heteroatoms. The summed E-state index contributed by atoms with van der Waals surface area (Å²) in [5.41, 5.74) is 0. The summed E-state index contributed by atoms with van der Waals surface area (Å²) >= 11 is 1.80. The van der Waals surface area contributed by atoms with Gasteiger partial charge >= 0.3 is 0 Å². The van der Waals surface area contributed by atoms with Crippen LogP contribution in [0.25, 0.3) is 0 Å². The molecule has 1 amide bonds. The number of rotatable bonds is 4. The van der Waals surface area contributed by atoms with Crippen molar-refractivity contribution in [1.29, 1.82) is 0 Å². The van der Waals surface area contributed by atoms with Crippen LogP contribution in [0.1, 0.15) is 6.42 Å². The lowest BCUT2D eigenvalue weighted by Crippen LogP contribution is -2.23. The maximum Gasteiger partial charge on any atom is 0.296 e. The molecule has 0 fully saturated rings. The van der Waals surface area contributed by atoms with Gasteiger partial charge < -0.3 is 5.32 Å². The topological polar surface area (TPSA) is 46.2 Å². The van der Waals surface area contributed by atoms with E-state index in [1.807, 2.05) is 0 Å². The van der Waals surface area contributed by atoms with E-state index < -0.39 is 10.8 Å². The third-order valence-corrected chi connectivity index (χ3v) is 2.19. The first-order valence-corrected chi connectivity index (χ1v) is 6.17. The van der Waals surface area contributed by atoms with Crippen LogP contribution in [0.2, 0.25) is 0 Å². The van der Waals surface area contributed by atoms with Crippen molar-refractivity contribution in [3.63, 3.8) is 0 Å². The van der Waals surface area contributed by atoms with E-state index in [9.17, 15) is 9.00 Å². The molecule has 3 nitrogen and oxygen atoms in total. The zero-order chi connectivity index (χ0) is 9.40. The predicted octanol–water partition coefficient (Wildman–Crippen LogP) is 0.267. The Kier molecular flexibility index (Phi) is 7.50. The van der Waals surface area contributed by atoms with Crippen LogP contribution in [0, 0.1) is 9.85 Å². The van der Waals surface area contributed by atoms with Crippen molar-refractivity contribution >= 4 is 39.3 Å². The largest absolute Gasteiger partial charge is 0.345 e. The molecule has 1 N–H and O–H groups in total. The highest BCUT2D eigenvalue weighted by Crippen LogP contribution is 1.81. The summed E-state index contributed by atoms with van der Waals surface area (Å²) in [4.78, 5) is 10.7. The van der Waals surface area contributed by atoms with Crippen LogP contribution >= 0.6 is 22.6 Å². The Morgan fingerprint density at radius 1 is 1.67 bits per heavy atom. The normalized spacial score (nSPS) is 11.2. The van der Waals surface area contributed by atoms with Crippen molar-refractivity contribution in [2.45, 2.75) is 6.42 Å². The second kappa shape index (κ2) is 7.55. The van der Waals surface area contributed by atoms with E-state index >= 15 is 0 Å². The van der Waals surface area contributed by atoms with Gasteiger partial charge in [-0.1, -0.05) is 0 Å². The first-order valence-electron chi connectivity index (χ1n) is 3.36. The minimum absolute atomic E-state index is 0.272. The van der Waals surface area contributed by atoms with Crippen LogP contribution in [0.4, 0.5) is 0 Å². The summed E-state index contributed by atoms with van der Waals surface area (Å²) in [6, 6.07) is 0. The molecule has 0 spiro atoms. The summed E-state index contributed by atoms with van der Waals surface area (Å²) in [7, 11) is -0.773. The van der Waals surface area contributed by atoms with Gasteiger partial charge in [0.15, 0.2) is 0 Å². The van der Waals surface area contributed by atoms with Crippen molar-refractivity contribution in [3.05, 3.63) is 0 Å². The van der Waals surface area contributed by atoms with E-state index in [4.69, 9.17) is 0 Å². The molecule has 1 unspecified atom stereocenters. The van der Waals surface area contributed by atoms with Crippen molar-refractivity contribution in [2.24, 2.45) is 0 Å². The fraction of sp³-hybridized carbons (Fsp3) is 0.571. The molecule has 0 radical (unpaired) electrons. The first-order chi connectivity index (χ1) is 5.66. The quantitative estimate of drug-likeness (QED) is 0.460. The summed E-state index contributed by atoms with van der Waals surface area (Å²) in [5, 5.41) is 2.59. The second-order valence-electron chi connectivity index (χ2n) is 2.11. The van der Waals surface area contributed by atoms with Crippen molar-refractivity contribution < 1.29 is 9.00 Å². The maximum atomic E-state index is 10.7. The molecule has 0 aliphatic rings. The number of nitrogens with one attached hydrogen (secondary N) is 1. The van der Waals surface area contributed by atoms with Gasteiger partial charge in [-0.3, -0.25) is 9.00 Å². The van der Waals surface area contributed by atoms with Crippen LogP contribution in [0.3, 0.4) is 0 Å². The van der Waals surface area contributed by atoms with E-state index in [1.165, 1.54) is 0 Å². The van der Waals surface area contributed by atoms with E-state index in [0.29, 0.717) is 12.3 Å². The van der Waals surface area contributed by atoms with E-state index in [0.717, 1.165) is 6.42 Å². The molecule has 0 aliphatic heterocycles. The van der Waals surface area contributed by atoms with Gasteiger partial charge in [-0.25, -0.2) is 0 Å². The van der Waals surface area contributed by atoms with Gasteiger partial charge in [-0.05, 0) is 10.3 Å². The Hall–Kier alpha value is -0.0900. The number of halogens is 1. The van der Waals surface area contributed by atoms with Gasteiger partial charge in [-0.2, -0.15) is 0 Å². The fourth-order valence-electron chi connectivity index (χ4n) is 0.564. The van der Waals surface area contributed by atoms with Gasteiger partial charge in [0, 0.05) is 57.9 Å². The molecule has 0 aromatic heterocycles. The number of hydrogen-bond acceptors (Lipinski definition) is 2. The third kappa shape index (κ3) is 8.01. The monoisotopic (exact) mass is 299 g/mol. The highest BCUT2D eigenvalue weighted by atomic mass is 127. The molecular formula is C7H10INO2S. The van der Waals surface area contributed by atoms with Crippen molar-refractivity contribution in [1.82, 2.24) is 5.32 Å². The van der Waals surface area contributed by atoms with Gasteiger partial charge in [0.25, 0.3) is 5.91 Å². The molecule has 0 saturated heterocycles. The highest BCUT2D eigenvalue weighted by molar-refractivity contribution is 14.1. The molecule has 1 atom stereocenters. The summed E-state index contributed by atoms with van der Waals surface area (Å²) < 4.78 is 13.0. The average Bonchev–Trinajstić information content (AvgIpc) is 1.98. The zero-order valence-corrected chi connectivity index (χ0v) is 9.70. The lowest BCUT2D eigenvalue weighted by Gasteiger charge is -1.98. The molecule has 12 heavy (non-hydrogen) atoms. The molecule has 68 valence electrons. The SMILES string of the molecule is CS(=O)CCCNC(=O)C#CI. The molecule has 0 saturated carbocycles. The molecule has 0 aromatic rings. The van der Waals surface area contributed by atoms with E-state index in [1.54, 1.807) is 28.8 Å². The Balaban J connectivity index is 3.36. The van der Waals surface area contributed by atoms with Crippen molar-refractivity contribution in [2.75, 3.05) is 18.6 Å². The molecular weight excluding hydrogens is 289 g/mol. The summed E-state index contributed by atoms with van der Waals surface area (Å²) in [5.74, 6) is 2.70. The van der Waals surface area contributed by atoms with E-state index in [2.05, 4.69) is 15.2 Å². The lowest BCUT2D eigenvalue weighted by atomic mass is 10.4. The number of amides is 1. The number of hydrogen-bond donors (Lipinski definition) is 1. The van der Waals surface area contributed by atoms with Crippen LogP contribution in [0.5, 0.6) is 0 Å². The van der Waals surface area contributed by atoms with Crippen molar-refractivity contribution in [3.8, 4) is 9.85 Å². The number of carbonyl (C=O) groups is 1. The molecule has 0 bridgehead atoms. The predicted molar refractivity (Wildman–Crippen MR) is 58.4 cm³/mol. The summed E-state index contributed by atoms with van der Waals surface area (Å²) in [6.45, 7) is 0.545. The Bertz CT molecular complexity index is 231. The Morgan fingerprint density at radius 2 is 2.33 bits per heavy atom. The van der Waals surface area contributed by atoms with Gasteiger partial charge in [0.1, 0.15) is 0 Å². The molecule has 0 heterocycles. The fourth-order valence-corrected chi connectivity index (χ4v) is 1.36. The molecule has 0 aliphatic carbocycles. The van der Waals surface area contributed by atoms with E-state index in [-0.39, 0.29) is 5.91 Å². The molecule has 0 rings (SSSR count). The Morgan fingerprint density at radius 3 is 2.83 bits per heavy atom. The standard InChI is InChI=1S/C7H10INO2S/c1-12(11)6-2-5-9-7(10)3-4-8/h2,5-6H2,1H3,(H,9,10). The first kappa shape index (κ1) is 11.9. The smallest absolute Gasteiger partial charge is 0.296 e. The van der Waals surface area contributed by atoms with Gasteiger partial charge in [0.2, 0.25) is 0 Å². The number of carbonyl (C=O) groups excluding carboxylic acids is 1. The maximum absolute atomic E-state index is 10.7. The third-order valence-electron chi connectivity index (χ3n) is 1.05. The summed E-state index contributed by atoms with van der Waals surface area (Å²) in [6.07, 6.45) is 2.38. The van der Waals surface area contributed by atoms with Crippen LogP contribution in [0.15, 0.2) is 0 Å². The van der Waals surface area contributed by atoms with Crippen LogP contribution < -0.4 is 5.32 Å². The van der Waals surface area contributed by atoms with Gasteiger partial charge in [0.05, 0.1) is 0 Å². The zero-order valence-electron chi connectivity index (χ0n) is 6.72. The van der Waals surface area contributed by atoms with Crippen LogP contribution in [-0.4, -0.2) is 28.7 Å². The molecule has 0 aromatic carbocycles. The van der Waals surface area contributed by atoms with Gasteiger partial charge in [-0.15, -0.1) is 0 Å². The lowest BCUT2D eigenvalue weighted by molar-refractivity contribution is -0.115. The Labute approximate surface area is 88.3 Å². The highest BCUT2D eigenvalue weighted by Gasteiger charge is 1.94. The average molecular weight is 299 g/mol. The minimum atomic E-state index is -0.773. The van der Waals surface area contributed by atoms with Crippen LogP contribution in [-0.2, 0) is 15.6 Å².